The van der Waals surface area contributed by atoms with Crippen LogP contribution in [0.1, 0.15) is 55.5 Å². The highest BCUT2D eigenvalue weighted by Gasteiger charge is 2.31. The van der Waals surface area contributed by atoms with Crippen LogP contribution in [0.3, 0.4) is 0 Å². The molecule has 0 unspecified atom stereocenters. The second-order valence-corrected chi connectivity index (χ2v) is 6.25. The smallest absolute Gasteiger partial charge is 0.169 e. The number of anilines is 1. The lowest BCUT2D eigenvalue weighted by atomic mass is 9.71. The van der Waals surface area contributed by atoms with Gasteiger partial charge in [0, 0.05) is 12.1 Å². The summed E-state index contributed by atoms with van der Waals surface area (Å²) in [7, 11) is 0. The van der Waals surface area contributed by atoms with Gasteiger partial charge in [-0.15, -0.1) is 0 Å². The van der Waals surface area contributed by atoms with Crippen LogP contribution in [0, 0.1) is 18.3 Å². The number of aryl methyl sites for hydroxylation is 1. The van der Waals surface area contributed by atoms with Crippen molar-refractivity contribution >= 4 is 11.6 Å². The fourth-order valence-electron chi connectivity index (χ4n) is 2.66. The van der Waals surface area contributed by atoms with Crippen LogP contribution < -0.4 is 5.73 Å². The van der Waals surface area contributed by atoms with E-state index >= 15 is 0 Å². The summed E-state index contributed by atoms with van der Waals surface area (Å²) >= 11 is 0. The summed E-state index contributed by atoms with van der Waals surface area (Å²) < 4.78 is 0. The van der Waals surface area contributed by atoms with Crippen molar-refractivity contribution in [2.45, 2.75) is 46.5 Å². The van der Waals surface area contributed by atoms with E-state index < -0.39 is 0 Å². The molecule has 0 bridgehead atoms. The van der Waals surface area contributed by atoms with Crippen molar-refractivity contribution in [2.24, 2.45) is 11.3 Å². The number of rotatable bonds is 2. The molecule has 1 heterocycles. The number of ketones is 1. The van der Waals surface area contributed by atoms with Gasteiger partial charge in [0.05, 0.1) is 5.56 Å². The van der Waals surface area contributed by atoms with E-state index in [0.29, 0.717) is 16.8 Å². The third-order valence-corrected chi connectivity index (χ3v) is 4.03. The zero-order valence-electron chi connectivity index (χ0n) is 11.5. The zero-order chi connectivity index (χ0) is 13.3. The number of hydrogen-bond donors (Lipinski definition) is 1. The van der Waals surface area contributed by atoms with Crippen LogP contribution in [0.4, 0.5) is 5.82 Å². The molecule has 0 radical (unpaired) electrons. The molecule has 2 N–H and O–H groups in total. The summed E-state index contributed by atoms with van der Waals surface area (Å²) in [4.78, 5) is 16.5. The van der Waals surface area contributed by atoms with Gasteiger partial charge in [-0.1, -0.05) is 13.8 Å². The van der Waals surface area contributed by atoms with Gasteiger partial charge >= 0.3 is 0 Å². The first-order valence-corrected chi connectivity index (χ1v) is 6.65. The molecule has 1 aromatic rings. The van der Waals surface area contributed by atoms with E-state index in [1.54, 1.807) is 6.20 Å². The number of nitrogens with zero attached hydrogens (tertiary/aromatic N) is 1. The number of Topliss-reactive ketones (excluding diaryl/α,β-unsaturated/α-hetero) is 1. The Bertz CT molecular complexity index is 456. The summed E-state index contributed by atoms with van der Waals surface area (Å²) in [6.45, 7) is 6.49. The van der Waals surface area contributed by atoms with Gasteiger partial charge in [0.2, 0.25) is 0 Å². The molecule has 1 aliphatic rings. The number of pyridine rings is 1. The van der Waals surface area contributed by atoms with E-state index in [1.165, 1.54) is 0 Å². The van der Waals surface area contributed by atoms with E-state index in [4.69, 9.17) is 5.73 Å². The van der Waals surface area contributed by atoms with Crippen LogP contribution in [0.25, 0.3) is 0 Å². The minimum Gasteiger partial charge on any atom is -0.383 e. The first kappa shape index (κ1) is 13.1. The maximum absolute atomic E-state index is 12.5. The molecule has 0 aromatic carbocycles. The first-order valence-electron chi connectivity index (χ1n) is 6.65. The Balaban J connectivity index is 2.15. The van der Waals surface area contributed by atoms with E-state index in [9.17, 15) is 4.79 Å². The third kappa shape index (κ3) is 2.71. The van der Waals surface area contributed by atoms with Gasteiger partial charge in [-0.05, 0) is 49.7 Å². The molecule has 0 atom stereocenters. The molecule has 2 rings (SSSR count). The highest BCUT2D eigenvalue weighted by atomic mass is 16.1. The predicted molar refractivity (Wildman–Crippen MR) is 73.5 cm³/mol. The third-order valence-electron chi connectivity index (χ3n) is 4.03. The highest BCUT2D eigenvalue weighted by molar-refractivity contribution is 6.01. The molecule has 18 heavy (non-hydrogen) atoms. The Morgan fingerprint density at radius 3 is 2.61 bits per heavy atom. The maximum atomic E-state index is 12.5. The van der Waals surface area contributed by atoms with Gasteiger partial charge < -0.3 is 5.73 Å². The Hall–Kier alpha value is -1.38. The van der Waals surface area contributed by atoms with Crippen LogP contribution in [0.15, 0.2) is 12.3 Å². The van der Waals surface area contributed by atoms with E-state index in [2.05, 4.69) is 18.8 Å². The standard InChI is InChI=1S/C15H22N2O/c1-10-8-12(14(16)17-9-10)13(18)11-4-6-15(2,3)7-5-11/h8-9,11H,4-7H2,1-3H3,(H2,16,17). The van der Waals surface area contributed by atoms with Crippen molar-refractivity contribution in [3.05, 3.63) is 23.4 Å². The van der Waals surface area contributed by atoms with Crippen molar-refractivity contribution in [3.8, 4) is 0 Å². The van der Waals surface area contributed by atoms with Gasteiger partial charge in [0.15, 0.2) is 5.78 Å². The number of nitrogen functional groups attached to an aromatic ring is 1. The fourth-order valence-corrected chi connectivity index (χ4v) is 2.66. The van der Waals surface area contributed by atoms with Gasteiger partial charge in [-0.3, -0.25) is 4.79 Å². The van der Waals surface area contributed by atoms with Crippen LogP contribution in [0.2, 0.25) is 0 Å². The summed E-state index contributed by atoms with van der Waals surface area (Å²) in [6, 6.07) is 1.87. The average Bonchev–Trinajstić information content (AvgIpc) is 2.31. The number of carbonyl (C=O) groups excluding carboxylic acids is 1. The normalized spacial score (nSPS) is 19.7. The molecule has 1 fully saturated rings. The minimum absolute atomic E-state index is 0.129. The Morgan fingerprint density at radius 1 is 1.39 bits per heavy atom. The number of aromatic nitrogens is 1. The lowest BCUT2D eigenvalue weighted by Crippen LogP contribution is -2.27. The molecule has 3 nitrogen and oxygen atoms in total. The van der Waals surface area contributed by atoms with Crippen molar-refractivity contribution < 1.29 is 4.79 Å². The lowest BCUT2D eigenvalue weighted by molar-refractivity contribution is 0.0838. The zero-order valence-corrected chi connectivity index (χ0v) is 11.5. The SMILES string of the molecule is Cc1cnc(N)c(C(=O)C2CCC(C)(C)CC2)c1. The van der Waals surface area contributed by atoms with Gasteiger partial charge in [-0.2, -0.15) is 0 Å². The average molecular weight is 246 g/mol. The van der Waals surface area contributed by atoms with Gasteiger partial charge in [-0.25, -0.2) is 4.98 Å². The van der Waals surface area contributed by atoms with Crippen LogP contribution in [-0.4, -0.2) is 10.8 Å². The summed E-state index contributed by atoms with van der Waals surface area (Å²) in [5.41, 5.74) is 7.80. The van der Waals surface area contributed by atoms with Crippen LogP contribution >= 0.6 is 0 Å². The lowest BCUT2D eigenvalue weighted by Gasteiger charge is -2.33. The monoisotopic (exact) mass is 246 g/mol. The summed E-state index contributed by atoms with van der Waals surface area (Å²) in [6.07, 6.45) is 5.87. The Labute approximate surface area is 109 Å². The second kappa shape index (κ2) is 4.71. The topological polar surface area (TPSA) is 56.0 Å². The largest absolute Gasteiger partial charge is 0.383 e. The van der Waals surface area contributed by atoms with Crippen LogP contribution in [0.5, 0.6) is 0 Å². The number of nitrogens with two attached hydrogens (primary N) is 1. The Morgan fingerprint density at radius 2 is 2.00 bits per heavy atom. The van der Waals surface area contributed by atoms with Gasteiger partial charge in [0.25, 0.3) is 0 Å². The van der Waals surface area contributed by atoms with Crippen molar-refractivity contribution in [1.82, 2.24) is 4.98 Å². The second-order valence-electron chi connectivity index (χ2n) is 6.25. The Kier molecular flexibility index (Phi) is 3.42. The molecule has 0 saturated heterocycles. The molecular formula is C15H22N2O. The van der Waals surface area contributed by atoms with E-state index in [0.717, 1.165) is 31.2 Å². The molecule has 0 spiro atoms. The molecule has 1 aromatic heterocycles. The molecule has 0 amide bonds. The molecular weight excluding hydrogens is 224 g/mol. The number of hydrogen-bond acceptors (Lipinski definition) is 3. The molecule has 1 aliphatic carbocycles. The van der Waals surface area contributed by atoms with Crippen molar-refractivity contribution in [1.29, 1.82) is 0 Å². The maximum Gasteiger partial charge on any atom is 0.169 e. The molecule has 3 heteroatoms. The first-order chi connectivity index (χ1) is 8.39. The van der Waals surface area contributed by atoms with Crippen molar-refractivity contribution in [2.75, 3.05) is 5.73 Å². The molecule has 0 aliphatic heterocycles. The van der Waals surface area contributed by atoms with Gasteiger partial charge in [0.1, 0.15) is 5.82 Å². The highest BCUT2D eigenvalue weighted by Crippen LogP contribution is 2.39. The minimum atomic E-state index is 0.129. The number of carbonyl (C=O) groups is 1. The predicted octanol–water partition coefficient (Wildman–Crippen LogP) is 3.37. The summed E-state index contributed by atoms with van der Waals surface area (Å²) in [5.74, 6) is 0.679. The fraction of sp³-hybridized carbons (Fsp3) is 0.600. The molecule has 1 saturated carbocycles. The van der Waals surface area contributed by atoms with E-state index in [-0.39, 0.29) is 11.7 Å². The van der Waals surface area contributed by atoms with Crippen molar-refractivity contribution in [3.63, 3.8) is 0 Å². The van der Waals surface area contributed by atoms with Crippen LogP contribution in [-0.2, 0) is 0 Å². The van der Waals surface area contributed by atoms with E-state index in [1.807, 2.05) is 13.0 Å². The summed E-state index contributed by atoms with van der Waals surface area (Å²) in [5, 5.41) is 0. The quantitative estimate of drug-likeness (QED) is 0.814. The molecule has 98 valence electrons.